The Morgan fingerprint density at radius 2 is 2.29 bits per heavy atom. The van der Waals surface area contributed by atoms with Crippen LogP contribution in [0.2, 0.25) is 0 Å². The molecule has 106 valence electrons. The Kier molecular flexibility index (Phi) is 3.45. The fourth-order valence-electron chi connectivity index (χ4n) is 2.51. The lowest BCUT2D eigenvalue weighted by molar-refractivity contribution is 1.16. The predicted molar refractivity (Wildman–Crippen MR) is 93.8 cm³/mol. The highest BCUT2D eigenvalue weighted by Crippen LogP contribution is 2.27. The Morgan fingerprint density at radius 1 is 1.29 bits per heavy atom. The molecule has 1 aliphatic heterocycles. The number of hydrogen-bond acceptors (Lipinski definition) is 4. The average molecular weight is 313 g/mol. The van der Waals surface area contributed by atoms with Crippen LogP contribution in [0.3, 0.4) is 0 Å². The van der Waals surface area contributed by atoms with E-state index in [1.54, 1.807) is 11.3 Å². The lowest BCUT2D eigenvalue weighted by atomic mass is 10.2. The lowest BCUT2D eigenvalue weighted by Gasteiger charge is -2.06. The summed E-state index contributed by atoms with van der Waals surface area (Å²) in [6, 6.07) is 10.7. The van der Waals surface area contributed by atoms with Gasteiger partial charge in [0.1, 0.15) is 5.04 Å². The van der Waals surface area contributed by atoms with E-state index in [0.29, 0.717) is 0 Å². The first kappa shape index (κ1) is 13.0. The van der Waals surface area contributed by atoms with Crippen molar-refractivity contribution >= 4 is 44.7 Å². The van der Waals surface area contributed by atoms with Gasteiger partial charge in [-0.15, -0.1) is 11.8 Å². The Bertz CT molecular complexity index is 787. The van der Waals surface area contributed by atoms with E-state index in [1.807, 2.05) is 11.8 Å². The molecule has 1 aliphatic rings. The summed E-state index contributed by atoms with van der Waals surface area (Å²) in [5, 5.41) is 10.2. The van der Waals surface area contributed by atoms with Crippen molar-refractivity contribution in [2.75, 3.05) is 17.6 Å². The molecule has 3 heterocycles. The molecule has 0 aliphatic carbocycles. The highest BCUT2D eigenvalue weighted by molar-refractivity contribution is 8.14. The SMILES string of the molecule is c1cc(NCc2ccsc2)c2[nH]c(C3=NCCS3)cc2c1. The van der Waals surface area contributed by atoms with E-state index in [4.69, 9.17) is 0 Å². The summed E-state index contributed by atoms with van der Waals surface area (Å²) < 4.78 is 0. The van der Waals surface area contributed by atoms with Crippen molar-refractivity contribution in [2.24, 2.45) is 4.99 Å². The predicted octanol–water partition coefficient (Wildman–Crippen LogP) is 4.33. The highest BCUT2D eigenvalue weighted by Gasteiger charge is 2.13. The Labute approximate surface area is 131 Å². The smallest absolute Gasteiger partial charge is 0.114 e. The number of para-hydroxylation sites is 1. The molecule has 5 heteroatoms. The first-order chi connectivity index (χ1) is 10.4. The van der Waals surface area contributed by atoms with E-state index in [-0.39, 0.29) is 0 Å². The molecule has 1 aromatic carbocycles. The Hall–Kier alpha value is -1.72. The van der Waals surface area contributed by atoms with Gasteiger partial charge >= 0.3 is 0 Å². The molecule has 21 heavy (non-hydrogen) atoms. The molecular formula is C16H15N3S2. The summed E-state index contributed by atoms with van der Waals surface area (Å²) in [4.78, 5) is 8.07. The number of thioether (sulfide) groups is 1. The minimum atomic E-state index is 0.854. The average Bonchev–Trinajstić information content (AvgIpc) is 3.23. The second-order valence-corrected chi connectivity index (χ2v) is 6.84. The van der Waals surface area contributed by atoms with Gasteiger partial charge in [0.15, 0.2) is 0 Å². The van der Waals surface area contributed by atoms with E-state index in [2.05, 4.69) is 56.4 Å². The van der Waals surface area contributed by atoms with Crippen LogP contribution in [-0.2, 0) is 6.54 Å². The molecule has 0 fully saturated rings. The van der Waals surface area contributed by atoms with Crippen LogP contribution in [0.1, 0.15) is 11.3 Å². The number of rotatable bonds is 4. The van der Waals surface area contributed by atoms with Crippen molar-refractivity contribution in [3.63, 3.8) is 0 Å². The number of fused-ring (bicyclic) bond motifs is 1. The summed E-state index contributed by atoms with van der Waals surface area (Å²) in [7, 11) is 0. The quantitative estimate of drug-likeness (QED) is 0.752. The number of nitrogens with one attached hydrogen (secondary N) is 2. The molecule has 3 aromatic rings. The van der Waals surface area contributed by atoms with Gasteiger partial charge in [-0.1, -0.05) is 12.1 Å². The summed E-state index contributed by atoms with van der Waals surface area (Å²) in [5.74, 6) is 1.09. The third-order valence-corrected chi connectivity index (χ3v) is 5.28. The van der Waals surface area contributed by atoms with Crippen LogP contribution in [0, 0.1) is 0 Å². The fraction of sp³-hybridized carbons (Fsp3) is 0.188. The molecule has 3 nitrogen and oxygen atoms in total. The van der Waals surface area contributed by atoms with Crippen LogP contribution in [0.4, 0.5) is 5.69 Å². The van der Waals surface area contributed by atoms with Gasteiger partial charge in [-0.05, 0) is 34.5 Å². The van der Waals surface area contributed by atoms with Gasteiger partial charge in [-0.25, -0.2) is 0 Å². The van der Waals surface area contributed by atoms with Crippen molar-refractivity contribution in [1.82, 2.24) is 4.98 Å². The van der Waals surface area contributed by atoms with Crippen LogP contribution in [-0.4, -0.2) is 22.3 Å². The van der Waals surface area contributed by atoms with Crippen molar-refractivity contribution in [2.45, 2.75) is 6.54 Å². The van der Waals surface area contributed by atoms with E-state index in [9.17, 15) is 0 Å². The van der Waals surface area contributed by atoms with Crippen LogP contribution in [0.5, 0.6) is 0 Å². The zero-order valence-electron chi connectivity index (χ0n) is 11.4. The molecule has 2 N–H and O–H groups in total. The highest BCUT2D eigenvalue weighted by atomic mass is 32.2. The Balaban J connectivity index is 1.65. The third-order valence-electron chi connectivity index (χ3n) is 3.54. The molecule has 0 unspecified atom stereocenters. The number of anilines is 1. The summed E-state index contributed by atoms with van der Waals surface area (Å²) in [5.41, 5.74) is 4.77. The van der Waals surface area contributed by atoms with Gasteiger partial charge in [-0.3, -0.25) is 4.99 Å². The van der Waals surface area contributed by atoms with Gasteiger partial charge in [0.05, 0.1) is 16.9 Å². The van der Waals surface area contributed by atoms with Crippen molar-refractivity contribution in [3.05, 3.63) is 52.3 Å². The van der Waals surface area contributed by atoms with Gasteiger partial charge in [0.2, 0.25) is 0 Å². The van der Waals surface area contributed by atoms with Gasteiger partial charge in [0, 0.05) is 24.2 Å². The number of benzene rings is 1. The maximum absolute atomic E-state index is 4.55. The fourth-order valence-corrected chi connectivity index (χ4v) is 4.00. The molecule has 0 atom stereocenters. The van der Waals surface area contributed by atoms with E-state index < -0.39 is 0 Å². The van der Waals surface area contributed by atoms with Gasteiger partial charge in [0.25, 0.3) is 0 Å². The second kappa shape index (κ2) is 5.58. The molecule has 0 amide bonds. The topological polar surface area (TPSA) is 40.2 Å². The summed E-state index contributed by atoms with van der Waals surface area (Å²) >= 11 is 3.56. The largest absolute Gasteiger partial charge is 0.379 e. The van der Waals surface area contributed by atoms with Crippen LogP contribution < -0.4 is 5.32 Å². The summed E-state index contributed by atoms with van der Waals surface area (Å²) in [6.45, 7) is 1.78. The van der Waals surface area contributed by atoms with E-state index >= 15 is 0 Å². The van der Waals surface area contributed by atoms with Crippen molar-refractivity contribution < 1.29 is 0 Å². The number of aromatic amines is 1. The number of aromatic nitrogens is 1. The molecular weight excluding hydrogens is 298 g/mol. The number of hydrogen-bond donors (Lipinski definition) is 2. The normalized spacial score (nSPS) is 14.6. The monoisotopic (exact) mass is 313 g/mol. The summed E-state index contributed by atoms with van der Waals surface area (Å²) in [6.07, 6.45) is 0. The second-order valence-electron chi connectivity index (χ2n) is 4.97. The van der Waals surface area contributed by atoms with E-state index in [1.165, 1.54) is 10.9 Å². The van der Waals surface area contributed by atoms with Crippen LogP contribution in [0.15, 0.2) is 46.1 Å². The molecule has 0 spiro atoms. The standard InChI is InChI=1S/C16H15N3S2/c1-2-12-8-14(16-17-5-7-21-16)19-15(12)13(3-1)18-9-11-4-6-20-10-11/h1-4,6,8,10,18-19H,5,7,9H2. The first-order valence-corrected chi connectivity index (χ1v) is 8.87. The maximum Gasteiger partial charge on any atom is 0.114 e. The van der Waals surface area contributed by atoms with Crippen molar-refractivity contribution in [1.29, 1.82) is 0 Å². The van der Waals surface area contributed by atoms with Crippen LogP contribution >= 0.6 is 23.1 Å². The minimum absolute atomic E-state index is 0.854. The van der Waals surface area contributed by atoms with E-state index in [0.717, 1.165) is 40.8 Å². The number of aliphatic imine (C=N–C) groups is 1. The van der Waals surface area contributed by atoms with Gasteiger partial charge in [-0.2, -0.15) is 11.3 Å². The number of H-pyrrole nitrogens is 1. The Morgan fingerprint density at radius 3 is 3.10 bits per heavy atom. The molecule has 0 radical (unpaired) electrons. The molecule has 0 saturated carbocycles. The minimum Gasteiger partial charge on any atom is -0.379 e. The zero-order valence-corrected chi connectivity index (χ0v) is 13.1. The molecule has 2 aromatic heterocycles. The first-order valence-electron chi connectivity index (χ1n) is 6.94. The number of nitrogens with zero attached hydrogens (tertiary/aromatic N) is 1. The number of thiophene rings is 1. The van der Waals surface area contributed by atoms with Gasteiger partial charge < -0.3 is 10.3 Å². The van der Waals surface area contributed by atoms with Crippen molar-refractivity contribution in [3.8, 4) is 0 Å². The zero-order chi connectivity index (χ0) is 14.1. The molecule has 4 rings (SSSR count). The van der Waals surface area contributed by atoms with Crippen LogP contribution in [0.25, 0.3) is 10.9 Å². The maximum atomic E-state index is 4.55. The molecule has 0 saturated heterocycles. The lowest BCUT2D eigenvalue weighted by Crippen LogP contribution is -1.98. The molecule has 0 bridgehead atoms. The third kappa shape index (κ3) is 2.59.